The van der Waals surface area contributed by atoms with Crippen molar-refractivity contribution in [3.8, 4) is 5.75 Å². The van der Waals surface area contributed by atoms with Gasteiger partial charge in [-0.25, -0.2) is 4.98 Å². The molecule has 0 saturated heterocycles. The molecule has 0 bridgehead atoms. The Balaban J connectivity index is 1.77. The van der Waals surface area contributed by atoms with Crippen LogP contribution in [0.1, 0.15) is 29.8 Å². The second-order valence-corrected chi connectivity index (χ2v) is 11.0. The summed E-state index contributed by atoms with van der Waals surface area (Å²) in [4.78, 5) is 29.0. The highest BCUT2D eigenvalue weighted by molar-refractivity contribution is 7.53. The van der Waals surface area contributed by atoms with Gasteiger partial charge in [0.2, 0.25) is 0 Å². The lowest BCUT2D eigenvalue weighted by Crippen LogP contribution is -2.27. The van der Waals surface area contributed by atoms with Gasteiger partial charge in [-0.2, -0.15) is 0 Å². The van der Waals surface area contributed by atoms with E-state index >= 15 is 0 Å². The quantitative estimate of drug-likeness (QED) is 0.0868. The van der Waals surface area contributed by atoms with Crippen LogP contribution in [0.2, 0.25) is 0 Å². The van der Waals surface area contributed by atoms with E-state index in [1.54, 1.807) is 32.0 Å². The minimum Gasteiger partial charge on any atom is -0.494 e. The highest BCUT2D eigenvalue weighted by atomic mass is 31.2. The first-order valence-corrected chi connectivity index (χ1v) is 14.5. The van der Waals surface area contributed by atoms with Gasteiger partial charge in [0.1, 0.15) is 5.75 Å². The highest BCUT2D eigenvalue weighted by Crippen LogP contribution is 2.47. The number of nitrogens with zero attached hydrogens (tertiary/aromatic N) is 2. The molecule has 0 fully saturated rings. The number of anilines is 2. The predicted molar refractivity (Wildman–Crippen MR) is 155 cm³/mol. The summed E-state index contributed by atoms with van der Waals surface area (Å²) in [5, 5.41) is 18.9. The van der Waals surface area contributed by atoms with Crippen LogP contribution in [-0.2, 0) is 13.6 Å². The highest BCUT2D eigenvalue weighted by Gasteiger charge is 2.24. The van der Waals surface area contributed by atoms with Crippen LogP contribution in [0.4, 0.5) is 17.1 Å². The molecule has 0 aliphatic rings. The number of ether oxygens (including phenoxy) is 1. The van der Waals surface area contributed by atoms with Crippen LogP contribution in [0.3, 0.4) is 0 Å². The molecule has 0 aliphatic heterocycles. The van der Waals surface area contributed by atoms with Gasteiger partial charge in [0.05, 0.1) is 65.4 Å². The summed E-state index contributed by atoms with van der Waals surface area (Å²) in [6, 6.07) is 15.4. The van der Waals surface area contributed by atoms with E-state index < -0.39 is 12.5 Å². The Morgan fingerprint density at radius 2 is 1.70 bits per heavy atom. The molecule has 1 amide bonds. The second-order valence-electron chi connectivity index (χ2n) is 8.85. The van der Waals surface area contributed by atoms with E-state index in [0.717, 1.165) is 10.9 Å². The molecule has 4 rings (SSSR count). The van der Waals surface area contributed by atoms with E-state index in [0.29, 0.717) is 39.1 Å². The first kappa shape index (κ1) is 28.9. The average molecular weight is 567 g/mol. The maximum absolute atomic E-state index is 13.3. The summed E-state index contributed by atoms with van der Waals surface area (Å²) < 4.78 is 28.9. The molecule has 40 heavy (non-hydrogen) atoms. The molecule has 12 heteroatoms. The van der Waals surface area contributed by atoms with E-state index in [1.165, 1.54) is 19.2 Å². The van der Waals surface area contributed by atoms with Gasteiger partial charge in [0, 0.05) is 23.4 Å². The van der Waals surface area contributed by atoms with Crippen molar-refractivity contribution in [1.29, 1.82) is 0 Å². The molecular formula is C28H31N4O7P. The Morgan fingerprint density at radius 3 is 2.35 bits per heavy atom. The molecule has 0 radical (unpaired) electrons. The summed E-state index contributed by atoms with van der Waals surface area (Å²) in [6.45, 7) is 5.95. The normalized spacial score (nSPS) is 11.5. The number of hydrogen-bond acceptors (Lipinski definition) is 9. The van der Waals surface area contributed by atoms with Crippen molar-refractivity contribution in [2.75, 3.05) is 38.3 Å². The zero-order valence-corrected chi connectivity index (χ0v) is 23.6. The van der Waals surface area contributed by atoms with Crippen molar-refractivity contribution in [1.82, 2.24) is 10.3 Å². The van der Waals surface area contributed by atoms with Crippen molar-refractivity contribution in [2.45, 2.75) is 20.8 Å². The second kappa shape index (κ2) is 12.4. The molecule has 4 aromatic rings. The molecule has 11 nitrogen and oxygen atoms in total. The van der Waals surface area contributed by atoms with Gasteiger partial charge in [-0.15, -0.1) is 0 Å². The molecule has 0 unspecified atom stereocenters. The van der Waals surface area contributed by atoms with Crippen molar-refractivity contribution in [3.63, 3.8) is 0 Å². The number of benzene rings is 3. The number of non-ortho nitro benzene ring substituents is 1. The van der Waals surface area contributed by atoms with E-state index in [1.807, 2.05) is 31.2 Å². The fourth-order valence-electron chi connectivity index (χ4n) is 4.44. The van der Waals surface area contributed by atoms with Crippen LogP contribution in [0.15, 0.2) is 54.6 Å². The molecule has 0 aliphatic carbocycles. The van der Waals surface area contributed by atoms with Crippen LogP contribution in [0.25, 0.3) is 21.8 Å². The van der Waals surface area contributed by atoms with Gasteiger partial charge < -0.3 is 24.4 Å². The van der Waals surface area contributed by atoms with Crippen LogP contribution in [-0.4, -0.2) is 48.8 Å². The van der Waals surface area contributed by atoms with Gasteiger partial charge in [0.15, 0.2) is 0 Å². The van der Waals surface area contributed by atoms with Crippen LogP contribution in [0, 0.1) is 17.0 Å². The van der Waals surface area contributed by atoms with Crippen LogP contribution in [0.5, 0.6) is 5.75 Å². The number of hydrogen-bond donors (Lipinski definition) is 2. The van der Waals surface area contributed by atoms with Crippen LogP contribution < -0.4 is 15.4 Å². The lowest BCUT2D eigenvalue weighted by Gasteiger charge is -2.18. The zero-order chi connectivity index (χ0) is 28.9. The topological polar surface area (TPSA) is 142 Å². The maximum Gasteiger partial charge on any atom is 0.332 e. The lowest BCUT2D eigenvalue weighted by molar-refractivity contribution is -0.384. The number of amides is 1. The van der Waals surface area contributed by atoms with Crippen molar-refractivity contribution in [3.05, 3.63) is 75.8 Å². The number of nitro benzene ring substituents is 1. The van der Waals surface area contributed by atoms with Gasteiger partial charge >= 0.3 is 7.60 Å². The summed E-state index contributed by atoms with van der Waals surface area (Å²) in [7, 11) is -1.87. The number of nitro groups is 1. The van der Waals surface area contributed by atoms with Gasteiger partial charge in [-0.3, -0.25) is 19.5 Å². The number of nitrogens with one attached hydrogen (secondary N) is 2. The predicted octanol–water partition coefficient (Wildman–Crippen LogP) is 6.35. The number of fused-ring (bicyclic) bond motifs is 2. The third-order valence-electron chi connectivity index (χ3n) is 6.26. The molecule has 3 aromatic carbocycles. The number of pyridine rings is 1. The fraction of sp³-hybridized carbons (Fsp3) is 0.286. The first-order valence-electron chi connectivity index (χ1n) is 12.8. The van der Waals surface area contributed by atoms with Gasteiger partial charge in [-0.05, 0) is 38.5 Å². The number of methoxy groups -OCH3 is 1. The number of rotatable bonds is 12. The van der Waals surface area contributed by atoms with Gasteiger partial charge in [-0.1, -0.05) is 30.3 Å². The summed E-state index contributed by atoms with van der Waals surface area (Å²) >= 11 is 0. The van der Waals surface area contributed by atoms with E-state index in [-0.39, 0.29) is 37.5 Å². The summed E-state index contributed by atoms with van der Waals surface area (Å²) in [6.07, 6.45) is 0.0351. The van der Waals surface area contributed by atoms with E-state index in [2.05, 4.69) is 10.6 Å². The number of para-hydroxylation sites is 2. The maximum atomic E-state index is 13.3. The van der Waals surface area contributed by atoms with E-state index in [4.69, 9.17) is 18.8 Å². The number of carbonyl (C=O) groups is 1. The standard InChI is InChI=1S/C28H31N4O7P/c1-5-38-40(36,39-6-2)16-15-29-28(33)22-12-8-11-21-26(20-10-7-9-18(3)25(20)31-27(21)22)30-23-14-13-19(32(34)35)17-24(23)37-4/h7-14,17H,5-6,15-16H2,1-4H3,(H,29,33)(H,30,31). The number of carbonyl (C=O) groups excluding carboxylic acids is 1. The molecular weight excluding hydrogens is 535 g/mol. The molecule has 1 aromatic heterocycles. The SMILES string of the molecule is CCOP(=O)(CCNC(=O)c1cccc2c(Nc3ccc([N+](=O)[O-])cc3OC)c3cccc(C)c3nc12)OCC. The molecule has 2 N–H and O–H groups in total. The minimum atomic E-state index is -3.31. The van der Waals surface area contributed by atoms with Crippen molar-refractivity contribution < 1.29 is 28.1 Å². The van der Waals surface area contributed by atoms with E-state index in [9.17, 15) is 19.5 Å². The molecule has 1 heterocycles. The molecule has 210 valence electrons. The Labute approximate surface area is 231 Å². The zero-order valence-electron chi connectivity index (χ0n) is 22.7. The lowest BCUT2D eigenvalue weighted by atomic mass is 10.0. The molecule has 0 saturated carbocycles. The first-order chi connectivity index (χ1) is 19.2. The molecule has 0 atom stereocenters. The van der Waals surface area contributed by atoms with Crippen molar-refractivity contribution in [2.24, 2.45) is 0 Å². The third kappa shape index (κ3) is 6.07. The third-order valence-corrected chi connectivity index (χ3v) is 8.33. The van der Waals surface area contributed by atoms with Gasteiger partial charge in [0.25, 0.3) is 11.6 Å². The largest absolute Gasteiger partial charge is 0.494 e. The summed E-state index contributed by atoms with van der Waals surface area (Å²) in [5.74, 6) is -0.0914. The summed E-state index contributed by atoms with van der Waals surface area (Å²) in [5.41, 5.74) is 3.48. The fourth-order valence-corrected chi connectivity index (χ4v) is 5.95. The van der Waals surface area contributed by atoms with Crippen molar-refractivity contribution >= 4 is 52.4 Å². The Morgan fingerprint density at radius 1 is 1.02 bits per heavy atom. The Hall–Kier alpha value is -4.05. The number of aryl methyl sites for hydroxylation is 1. The Bertz CT molecular complexity index is 1620. The number of aromatic nitrogens is 1. The Kier molecular flexibility index (Phi) is 8.99. The molecule has 0 spiro atoms. The average Bonchev–Trinajstić information content (AvgIpc) is 2.93. The minimum absolute atomic E-state index is 0.0351. The smallest absolute Gasteiger partial charge is 0.332 e. The van der Waals surface area contributed by atoms with Crippen LogP contribution >= 0.6 is 7.60 Å². The monoisotopic (exact) mass is 566 g/mol.